The van der Waals surface area contributed by atoms with Crippen molar-refractivity contribution in [3.8, 4) is 5.75 Å². The minimum absolute atomic E-state index is 0.000595. The quantitative estimate of drug-likeness (QED) is 0.759. The second-order valence-corrected chi connectivity index (χ2v) is 8.40. The monoisotopic (exact) mass is 427 g/mol. The third-order valence-corrected chi connectivity index (χ3v) is 6.06. The first-order valence-electron chi connectivity index (χ1n) is 10.6. The number of piperidine rings is 1. The van der Waals surface area contributed by atoms with Crippen molar-refractivity contribution >= 4 is 29.2 Å². The first-order valence-corrected chi connectivity index (χ1v) is 10.9. The van der Waals surface area contributed by atoms with Crippen LogP contribution in [-0.2, 0) is 4.79 Å². The van der Waals surface area contributed by atoms with E-state index in [4.69, 9.17) is 16.3 Å². The topological polar surface area (TPSA) is 71.5 Å². The molecule has 2 heterocycles. The number of anilines is 1. The maximum absolute atomic E-state index is 12.8. The summed E-state index contributed by atoms with van der Waals surface area (Å²) >= 11 is 5.82. The molecule has 7 heteroatoms. The van der Waals surface area contributed by atoms with Gasteiger partial charge in [0.05, 0.1) is 11.1 Å². The average molecular weight is 428 g/mol. The van der Waals surface area contributed by atoms with Gasteiger partial charge < -0.3 is 15.0 Å². The Morgan fingerprint density at radius 2 is 1.70 bits per heavy atom. The van der Waals surface area contributed by atoms with E-state index in [9.17, 15) is 9.59 Å². The van der Waals surface area contributed by atoms with Crippen LogP contribution >= 0.6 is 11.6 Å². The van der Waals surface area contributed by atoms with E-state index in [2.05, 4.69) is 10.3 Å². The molecule has 6 nitrogen and oxygen atoms in total. The van der Waals surface area contributed by atoms with Crippen LogP contribution in [0.1, 0.15) is 48.9 Å². The van der Waals surface area contributed by atoms with Crippen molar-refractivity contribution in [2.24, 2.45) is 5.92 Å². The Kier molecular flexibility index (Phi) is 6.53. The zero-order valence-corrected chi connectivity index (χ0v) is 17.6. The molecule has 1 aromatic heterocycles. The van der Waals surface area contributed by atoms with Crippen molar-refractivity contribution in [1.82, 2.24) is 9.88 Å². The summed E-state index contributed by atoms with van der Waals surface area (Å²) in [5, 5.41) is 3.35. The zero-order valence-electron chi connectivity index (χ0n) is 16.9. The molecule has 2 fully saturated rings. The molecule has 1 N–H and O–H groups in total. The second-order valence-electron chi connectivity index (χ2n) is 7.97. The van der Waals surface area contributed by atoms with Crippen molar-refractivity contribution in [3.05, 3.63) is 53.2 Å². The van der Waals surface area contributed by atoms with Crippen LogP contribution in [0.5, 0.6) is 5.75 Å². The highest BCUT2D eigenvalue weighted by molar-refractivity contribution is 6.30. The summed E-state index contributed by atoms with van der Waals surface area (Å²) < 4.78 is 5.97. The number of nitrogens with zero attached hydrogens (tertiary/aromatic N) is 2. The van der Waals surface area contributed by atoms with Crippen molar-refractivity contribution in [2.45, 2.75) is 44.6 Å². The van der Waals surface area contributed by atoms with Crippen LogP contribution in [0, 0.1) is 5.92 Å². The Morgan fingerprint density at radius 1 is 1.00 bits per heavy atom. The maximum atomic E-state index is 12.8. The molecule has 2 aliphatic rings. The van der Waals surface area contributed by atoms with E-state index in [0.29, 0.717) is 48.4 Å². The number of halogens is 1. The first-order chi connectivity index (χ1) is 14.6. The Balaban J connectivity index is 1.27. The van der Waals surface area contributed by atoms with Crippen molar-refractivity contribution < 1.29 is 14.3 Å². The maximum Gasteiger partial charge on any atom is 0.253 e. The first kappa shape index (κ1) is 20.7. The SMILES string of the molecule is O=C(Nc1ccc(Cl)cn1)C1CCN(C(=O)c2ccc(OC3CCCC3)cc2)CC1. The summed E-state index contributed by atoms with van der Waals surface area (Å²) in [6.07, 6.45) is 7.75. The fourth-order valence-corrected chi connectivity index (χ4v) is 4.19. The number of hydrogen-bond acceptors (Lipinski definition) is 4. The van der Waals surface area contributed by atoms with Crippen molar-refractivity contribution in [3.63, 3.8) is 0 Å². The summed E-state index contributed by atoms with van der Waals surface area (Å²) in [5.41, 5.74) is 0.655. The predicted molar refractivity (Wildman–Crippen MR) is 116 cm³/mol. The lowest BCUT2D eigenvalue weighted by Crippen LogP contribution is -2.41. The highest BCUT2D eigenvalue weighted by Gasteiger charge is 2.28. The number of benzene rings is 1. The van der Waals surface area contributed by atoms with Gasteiger partial charge in [-0.3, -0.25) is 9.59 Å². The Bertz CT molecular complexity index is 872. The van der Waals surface area contributed by atoms with E-state index in [1.807, 2.05) is 29.2 Å². The third kappa shape index (κ3) is 5.11. The molecular weight excluding hydrogens is 402 g/mol. The minimum Gasteiger partial charge on any atom is -0.490 e. The molecule has 158 valence electrons. The number of nitrogens with one attached hydrogen (secondary N) is 1. The standard InChI is InChI=1S/C23H26ClN3O3/c24-18-7-10-21(25-15-18)26-22(28)16-11-13-27(14-12-16)23(29)17-5-8-20(9-6-17)30-19-3-1-2-4-19/h5-10,15-16,19H,1-4,11-14H2,(H,25,26,28). The predicted octanol–water partition coefficient (Wildman–Crippen LogP) is 4.55. The second kappa shape index (κ2) is 9.47. The minimum atomic E-state index is -0.131. The summed E-state index contributed by atoms with van der Waals surface area (Å²) in [6, 6.07) is 10.8. The van der Waals surface area contributed by atoms with Crippen LogP contribution < -0.4 is 10.1 Å². The fraction of sp³-hybridized carbons (Fsp3) is 0.435. The smallest absolute Gasteiger partial charge is 0.253 e. The molecule has 1 saturated heterocycles. The van der Waals surface area contributed by atoms with Crippen molar-refractivity contribution in [1.29, 1.82) is 0 Å². The highest BCUT2D eigenvalue weighted by Crippen LogP contribution is 2.25. The van der Waals surface area contributed by atoms with Crippen LogP contribution in [-0.4, -0.2) is 40.9 Å². The van der Waals surface area contributed by atoms with Gasteiger partial charge in [0.25, 0.3) is 5.91 Å². The molecule has 0 atom stereocenters. The van der Waals surface area contributed by atoms with Gasteiger partial charge in [0.1, 0.15) is 11.6 Å². The molecular formula is C23H26ClN3O3. The summed E-state index contributed by atoms with van der Waals surface area (Å²) in [7, 11) is 0. The molecule has 1 saturated carbocycles. The van der Waals surface area contributed by atoms with Gasteiger partial charge in [0.15, 0.2) is 0 Å². The molecule has 0 bridgehead atoms. The average Bonchev–Trinajstić information content (AvgIpc) is 3.28. The Labute approximate surface area is 181 Å². The summed E-state index contributed by atoms with van der Waals surface area (Å²) in [4.78, 5) is 31.2. The number of aromatic nitrogens is 1. The number of ether oxygens (including phenoxy) is 1. The number of hydrogen-bond donors (Lipinski definition) is 1. The fourth-order valence-electron chi connectivity index (χ4n) is 4.08. The van der Waals surface area contributed by atoms with Crippen LogP contribution in [0.15, 0.2) is 42.6 Å². The Morgan fingerprint density at radius 3 is 2.33 bits per heavy atom. The molecule has 1 aliphatic carbocycles. The number of amides is 2. The van der Waals surface area contributed by atoms with E-state index in [1.165, 1.54) is 19.0 Å². The summed E-state index contributed by atoms with van der Waals surface area (Å²) in [6.45, 7) is 1.12. The van der Waals surface area contributed by atoms with E-state index >= 15 is 0 Å². The molecule has 0 spiro atoms. The Hall–Kier alpha value is -2.60. The van der Waals surface area contributed by atoms with E-state index in [-0.39, 0.29) is 17.7 Å². The largest absolute Gasteiger partial charge is 0.490 e. The molecule has 4 rings (SSSR count). The lowest BCUT2D eigenvalue weighted by Gasteiger charge is -2.31. The molecule has 2 aromatic rings. The van der Waals surface area contributed by atoms with Gasteiger partial charge >= 0.3 is 0 Å². The van der Waals surface area contributed by atoms with Gasteiger partial charge in [-0.1, -0.05) is 11.6 Å². The lowest BCUT2D eigenvalue weighted by atomic mass is 9.95. The molecule has 2 amide bonds. The molecule has 0 unspecified atom stereocenters. The van der Waals surface area contributed by atoms with E-state index in [0.717, 1.165) is 18.6 Å². The van der Waals surface area contributed by atoms with Crippen LogP contribution in [0.4, 0.5) is 5.82 Å². The van der Waals surface area contributed by atoms with Crippen LogP contribution in [0.25, 0.3) is 0 Å². The van der Waals surface area contributed by atoms with Gasteiger partial charge in [-0.25, -0.2) is 4.98 Å². The van der Waals surface area contributed by atoms with Crippen LogP contribution in [0.2, 0.25) is 5.02 Å². The number of likely N-dealkylation sites (tertiary alicyclic amines) is 1. The van der Waals surface area contributed by atoms with Crippen LogP contribution in [0.3, 0.4) is 0 Å². The zero-order chi connectivity index (χ0) is 20.9. The normalized spacial score (nSPS) is 17.7. The third-order valence-electron chi connectivity index (χ3n) is 5.84. The molecule has 30 heavy (non-hydrogen) atoms. The van der Waals surface area contributed by atoms with Gasteiger partial charge in [-0.15, -0.1) is 0 Å². The molecule has 1 aromatic carbocycles. The van der Waals surface area contributed by atoms with E-state index < -0.39 is 0 Å². The van der Waals surface area contributed by atoms with Gasteiger partial charge in [0.2, 0.25) is 5.91 Å². The van der Waals surface area contributed by atoms with E-state index in [1.54, 1.807) is 12.1 Å². The number of carbonyl (C=O) groups is 2. The lowest BCUT2D eigenvalue weighted by molar-refractivity contribution is -0.121. The van der Waals surface area contributed by atoms with Crippen molar-refractivity contribution in [2.75, 3.05) is 18.4 Å². The molecule has 1 aliphatic heterocycles. The van der Waals surface area contributed by atoms with Gasteiger partial charge in [0, 0.05) is 30.8 Å². The number of carbonyl (C=O) groups excluding carboxylic acids is 2. The van der Waals surface area contributed by atoms with Gasteiger partial charge in [-0.2, -0.15) is 0 Å². The number of rotatable bonds is 5. The molecule has 0 radical (unpaired) electrons. The number of pyridine rings is 1. The highest BCUT2D eigenvalue weighted by atomic mass is 35.5. The van der Waals surface area contributed by atoms with Gasteiger partial charge in [-0.05, 0) is 74.9 Å². The summed E-state index contributed by atoms with van der Waals surface area (Å²) in [5.74, 6) is 1.12.